The Bertz CT molecular complexity index is 401. The number of aliphatic carboxylic acids is 1. The summed E-state index contributed by atoms with van der Waals surface area (Å²) in [6.07, 6.45) is 2.53. The van der Waals surface area contributed by atoms with E-state index in [1.807, 2.05) is 0 Å². The smallest absolute Gasteiger partial charge is 0.229 e. The third-order valence-electron chi connectivity index (χ3n) is 3.78. The second-order valence-electron chi connectivity index (χ2n) is 4.76. The van der Waals surface area contributed by atoms with Gasteiger partial charge in [0.2, 0.25) is 5.91 Å². The number of carbonyl (C=O) groups excluding carboxylic acids is 2. The molecule has 0 radical (unpaired) electrons. The van der Waals surface area contributed by atoms with Crippen LogP contribution in [0.1, 0.15) is 0 Å². The van der Waals surface area contributed by atoms with Gasteiger partial charge in [-0.25, -0.2) is 0 Å². The third-order valence-corrected chi connectivity index (χ3v) is 3.78. The number of hydrogen-bond acceptors (Lipinski definition) is 5. The summed E-state index contributed by atoms with van der Waals surface area (Å²) >= 11 is 0. The number of fused-ring (bicyclic) bond motifs is 2. The number of carboxylic acid groups (broad SMARTS) is 1. The summed E-state index contributed by atoms with van der Waals surface area (Å²) in [6, 6.07) is 0. The van der Waals surface area contributed by atoms with Crippen molar-refractivity contribution in [2.24, 2.45) is 11.8 Å². The zero-order valence-electron chi connectivity index (χ0n) is 9.78. The first kappa shape index (κ1) is 11.7. The molecule has 98 valence electrons. The van der Waals surface area contributed by atoms with Gasteiger partial charge in [0, 0.05) is 25.0 Å². The lowest BCUT2D eigenvalue weighted by Gasteiger charge is -2.33. The molecule has 0 aromatic heterocycles. The standard InChI is InChI=1S/C12H15NO5/c14-11(13-3-5-17-6-4-13)9-7-1-2-8(18-7)10(9)12(15)16/h1-2,7-10H,3-6H2,(H,15,16)/p-1/t7-,8+,9+,10+/m1/s1. The highest BCUT2D eigenvalue weighted by Crippen LogP contribution is 2.39. The van der Waals surface area contributed by atoms with Crippen molar-refractivity contribution in [2.75, 3.05) is 26.3 Å². The number of morpholine rings is 1. The molecule has 3 aliphatic heterocycles. The number of carbonyl (C=O) groups is 2. The van der Waals surface area contributed by atoms with Crippen molar-refractivity contribution < 1.29 is 24.2 Å². The summed E-state index contributed by atoms with van der Waals surface area (Å²) in [7, 11) is 0. The van der Waals surface area contributed by atoms with Gasteiger partial charge < -0.3 is 24.3 Å². The van der Waals surface area contributed by atoms with Gasteiger partial charge in [-0.2, -0.15) is 0 Å². The topological polar surface area (TPSA) is 78.9 Å². The van der Waals surface area contributed by atoms with E-state index in [1.54, 1.807) is 17.1 Å². The SMILES string of the molecule is O=C([O-])[C@@H]1[C@@H](C(=O)N2CCOCC2)[C@H]2C=C[C@@H]1O2. The first-order chi connectivity index (χ1) is 8.68. The van der Waals surface area contributed by atoms with E-state index < -0.39 is 30.0 Å². The van der Waals surface area contributed by atoms with Crippen LogP contribution in [0.25, 0.3) is 0 Å². The van der Waals surface area contributed by atoms with Gasteiger partial charge in [-0.05, 0) is 0 Å². The van der Waals surface area contributed by atoms with Crippen LogP contribution in [0.4, 0.5) is 0 Å². The van der Waals surface area contributed by atoms with Crippen LogP contribution in [0.3, 0.4) is 0 Å². The number of hydrogen-bond donors (Lipinski definition) is 0. The first-order valence-electron chi connectivity index (χ1n) is 6.09. The lowest BCUT2D eigenvalue weighted by atomic mass is 9.82. The van der Waals surface area contributed by atoms with Crippen molar-refractivity contribution >= 4 is 11.9 Å². The van der Waals surface area contributed by atoms with E-state index in [1.165, 1.54) is 0 Å². The Morgan fingerprint density at radius 3 is 2.33 bits per heavy atom. The molecular weight excluding hydrogens is 238 g/mol. The quantitative estimate of drug-likeness (QED) is 0.540. The molecule has 0 aliphatic carbocycles. The maximum atomic E-state index is 12.4. The van der Waals surface area contributed by atoms with Crippen molar-refractivity contribution in [1.29, 1.82) is 0 Å². The van der Waals surface area contributed by atoms with Gasteiger partial charge in [0.05, 0.1) is 31.3 Å². The Hall–Kier alpha value is -1.40. The first-order valence-corrected chi connectivity index (χ1v) is 6.09. The maximum absolute atomic E-state index is 12.4. The van der Waals surface area contributed by atoms with E-state index in [9.17, 15) is 14.7 Å². The minimum absolute atomic E-state index is 0.163. The highest BCUT2D eigenvalue weighted by Gasteiger charge is 2.51. The Morgan fingerprint density at radius 2 is 1.72 bits per heavy atom. The van der Waals surface area contributed by atoms with Crippen molar-refractivity contribution in [3.63, 3.8) is 0 Å². The Morgan fingerprint density at radius 1 is 1.11 bits per heavy atom. The fourth-order valence-electron chi connectivity index (χ4n) is 2.88. The molecular formula is C12H14NO5-. The molecule has 0 aromatic carbocycles. The molecule has 1 amide bonds. The predicted molar refractivity (Wildman–Crippen MR) is 57.2 cm³/mol. The predicted octanol–water partition coefficient (Wildman–Crippen LogP) is -1.84. The molecule has 0 unspecified atom stereocenters. The summed E-state index contributed by atoms with van der Waals surface area (Å²) in [5.41, 5.74) is 0. The van der Waals surface area contributed by atoms with E-state index in [-0.39, 0.29) is 5.91 Å². The van der Waals surface area contributed by atoms with Gasteiger partial charge in [-0.1, -0.05) is 12.2 Å². The second kappa shape index (κ2) is 4.37. The molecule has 2 fully saturated rings. The molecule has 0 saturated carbocycles. The molecule has 0 N–H and O–H groups in total. The second-order valence-corrected chi connectivity index (χ2v) is 4.76. The number of amides is 1. The van der Waals surface area contributed by atoms with Crippen molar-refractivity contribution in [2.45, 2.75) is 12.2 Å². The highest BCUT2D eigenvalue weighted by molar-refractivity contribution is 5.86. The van der Waals surface area contributed by atoms with E-state index in [4.69, 9.17) is 9.47 Å². The minimum Gasteiger partial charge on any atom is -0.550 e. The lowest BCUT2D eigenvalue weighted by molar-refractivity contribution is -0.313. The summed E-state index contributed by atoms with van der Waals surface area (Å²) in [4.78, 5) is 25.2. The number of carboxylic acids is 1. The fraction of sp³-hybridized carbons (Fsp3) is 0.667. The van der Waals surface area contributed by atoms with Crippen molar-refractivity contribution in [3.05, 3.63) is 12.2 Å². The Kier molecular flexibility index (Phi) is 2.83. The molecule has 3 rings (SSSR count). The third kappa shape index (κ3) is 1.72. The van der Waals surface area contributed by atoms with E-state index in [0.717, 1.165) is 0 Å². The molecule has 3 aliphatic rings. The summed E-state index contributed by atoms with van der Waals surface area (Å²) in [5.74, 6) is -2.89. The normalized spacial score (nSPS) is 38.1. The molecule has 0 spiro atoms. The van der Waals surface area contributed by atoms with Crippen LogP contribution in [-0.4, -0.2) is 55.3 Å². The lowest BCUT2D eigenvalue weighted by Crippen LogP contribution is -2.50. The number of rotatable bonds is 2. The zero-order chi connectivity index (χ0) is 12.7. The average Bonchev–Trinajstić information content (AvgIpc) is 2.99. The van der Waals surface area contributed by atoms with Gasteiger partial charge in [0.15, 0.2) is 0 Å². The van der Waals surface area contributed by atoms with Crippen LogP contribution in [0, 0.1) is 11.8 Å². The van der Waals surface area contributed by atoms with Gasteiger partial charge >= 0.3 is 0 Å². The van der Waals surface area contributed by atoms with Crippen LogP contribution in [-0.2, 0) is 19.1 Å². The summed E-state index contributed by atoms with van der Waals surface area (Å²) in [6.45, 7) is 2.02. The molecule has 0 aromatic rings. The molecule has 2 saturated heterocycles. The van der Waals surface area contributed by atoms with Crippen LogP contribution in [0.15, 0.2) is 12.2 Å². The van der Waals surface area contributed by atoms with Crippen LogP contribution in [0.2, 0.25) is 0 Å². The van der Waals surface area contributed by atoms with Crippen molar-refractivity contribution in [3.8, 4) is 0 Å². The van der Waals surface area contributed by atoms with E-state index >= 15 is 0 Å². The average molecular weight is 252 g/mol. The largest absolute Gasteiger partial charge is 0.550 e. The van der Waals surface area contributed by atoms with E-state index in [0.29, 0.717) is 26.3 Å². The highest BCUT2D eigenvalue weighted by atomic mass is 16.5. The van der Waals surface area contributed by atoms with Crippen molar-refractivity contribution in [1.82, 2.24) is 4.90 Å². The number of ether oxygens (including phenoxy) is 2. The van der Waals surface area contributed by atoms with E-state index in [2.05, 4.69) is 0 Å². The summed E-state index contributed by atoms with van der Waals surface area (Å²) in [5, 5.41) is 11.2. The molecule has 4 atom stereocenters. The minimum atomic E-state index is -1.21. The van der Waals surface area contributed by atoms with Crippen LogP contribution < -0.4 is 5.11 Å². The zero-order valence-corrected chi connectivity index (χ0v) is 9.78. The monoisotopic (exact) mass is 252 g/mol. The van der Waals surface area contributed by atoms with Crippen LogP contribution >= 0.6 is 0 Å². The molecule has 2 bridgehead atoms. The molecule has 6 nitrogen and oxygen atoms in total. The van der Waals surface area contributed by atoms with Gasteiger partial charge in [0.1, 0.15) is 0 Å². The molecule has 3 heterocycles. The number of nitrogens with zero attached hydrogens (tertiary/aromatic N) is 1. The maximum Gasteiger partial charge on any atom is 0.229 e. The molecule has 18 heavy (non-hydrogen) atoms. The van der Waals surface area contributed by atoms with Crippen LogP contribution in [0.5, 0.6) is 0 Å². The summed E-state index contributed by atoms with van der Waals surface area (Å²) < 4.78 is 10.6. The fourth-order valence-corrected chi connectivity index (χ4v) is 2.88. The Balaban J connectivity index is 1.79. The van der Waals surface area contributed by atoms with Gasteiger partial charge in [-0.15, -0.1) is 0 Å². The Labute approximate surface area is 104 Å². The van der Waals surface area contributed by atoms with Gasteiger partial charge in [-0.3, -0.25) is 4.79 Å². The van der Waals surface area contributed by atoms with Gasteiger partial charge in [0.25, 0.3) is 0 Å². The molecule has 6 heteroatoms.